The van der Waals surface area contributed by atoms with E-state index < -0.39 is 11.6 Å². The van der Waals surface area contributed by atoms with Crippen LogP contribution in [0.25, 0.3) is 0 Å². The number of amides is 1. The maximum atomic E-state index is 14.1. The average molecular weight is 1350 g/mol. The van der Waals surface area contributed by atoms with E-state index in [2.05, 4.69) is 87.7 Å². The highest BCUT2D eigenvalue weighted by atomic mass is 127. The number of unbranched alkanes of at least 4 members (excludes halogenated alkanes) is 12. The van der Waals surface area contributed by atoms with Crippen molar-refractivity contribution in [2.24, 2.45) is 5.73 Å². The van der Waals surface area contributed by atoms with E-state index in [1.165, 1.54) is 18.9 Å². The van der Waals surface area contributed by atoms with Crippen molar-refractivity contribution >= 4 is 87.9 Å². The minimum atomic E-state index is -0.525. The molecule has 0 aliphatic heterocycles. The molecule has 480 valence electrons. The molecule has 0 spiro atoms. The lowest BCUT2D eigenvalue weighted by Gasteiger charge is -2.22. The van der Waals surface area contributed by atoms with Crippen LogP contribution in [0.2, 0.25) is 0 Å². The molecule has 87 heavy (non-hydrogen) atoms. The van der Waals surface area contributed by atoms with E-state index in [-0.39, 0.29) is 55.7 Å². The highest BCUT2D eigenvalue weighted by molar-refractivity contribution is 14.1. The van der Waals surface area contributed by atoms with Gasteiger partial charge in [-0.3, -0.25) is 44.3 Å². The molecule has 0 atom stereocenters. The average Bonchev–Trinajstić information content (AvgIpc) is 3.32. The van der Waals surface area contributed by atoms with Crippen LogP contribution < -0.4 is 26.3 Å². The van der Waals surface area contributed by atoms with Gasteiger partial charge in [-0.05, 0) is 101 Å². The number of rotatable bonds is 35. The molecule has 6 rings (SSSR count). The van der Waals surface area contributed by atoms with E-state index in [9.17, 15) is 28.0 Å². The highest BCUT2D eigenvalue weighted by Gasteiger charge is 2.18. The summed E-state index contributed by atoms with van der Waals surface area (Å²) < 4.78 is 43.5. The second-order valence-electron chi connectivity index (χ2n) is 18.3. The zero-order valence-electron chi connectivity index (χ0n) is 50.0. The van der Waals surface area contributed by atoms with Crippen molar-refractivity contribution in [1.29, 1.82) is 0 Å². The van der Waals surface area contributed by atoms with E-state index in [1.807, 2.05) is 13.8 Å². The number of nitrogens with two attached hydrogens (primary N) is 1. The Kier molecular flexibility index (Phi) is 47.1. The van der Waals surface area contributed by atoms with E-state index in [4.69, 9.17) is 25.2 Å². The lowest BCUT2D eigenvalue weighted by atomic mass is 10.1. The normalized spacial score (nSPS) is 10.0. The summed E-state index contributed by atoms with van der Waals surface area (Å²) in [6.07, 6.45) is 40.9. The van der Waals surface area contributed by atoms with Gasteiger partial charge in [-0.15, -0.1) is 12.4 Å². The van der Waals surface area contributed by atoms with E-state index in [0.29, 0.717) is 70.2 Å². The number of hydrogen-bond acceptors (Lipinski definition) is 24. The summed E-state index contributed by atoms with van der Waals surface area (Å²) in [6, 6.07) is 0. The van der Waals surface area contributed by atoms with Crippen LogP contribution in [0.15, 0.2) is 99.4 Å². The molecular formula is C58H87ClF2IN17O8. The molecular weight excluding hydrogens is 1260 g/mol. The number of aromatic nitrogens is 12. The van der Waals surface area contributed by atoms with Gasteiger partial charge in [0.15, 0.2) is 34.9 Å². The van der Waals surface area contributed by atoms with Gasteiger partial charge in [0.25, 0.3) is 0 Å². The maximum Gasteiger partial charge on any atom is 0.305 e. The standard InChI is InChI=1S/C17H22FN5O2.C15H19FN6O2.C13H21N3O2.C9H19NO2.C4H3IN2.ClH.H2/c1-2-25-16(24)7-5-3-4-6-10-23(15-12-19-8-9-21-15)17-14(18)11-20-13-22-17;16-12-9-18-11-20-15(12)22(13-10-17-6-7-19-13)8-4-2-1-3-5-14(23)21-24;1-2-18-13(17)7-5-3-4-6-8-15-12-11-14-9-10-16-12;1-2-12-9(11)7-5-3-4-6-8-10;5-4-3-6-1-2-7-4;;/h8-9,11-13H,2-7,10H2,1H3;6-7,9-11,24H,1-5,8H2,(H,21,23);9-11H,2-8H2,1H3,(H,15,16);2-8,10H2,1H3;1-3H;2*1H. The molecule has 0 bridgehead atoms. The highest BCUT2D eigenvalue weighted by Crippen LogP contribution is 2.25. The van der Waals surface area contributed by atoms with Crippen LogP contribution in [0.5, 0.6) is 0 Å². The number of carbonyl (C=O) groups excluding carboxylic acids is 4. The molecule has 0 unspecified atom stereocenters. The Balaban J connectivity index is 0.00000112. The topological polar surface area (TPSA) is 327 Å². The molecule has 0 aliphatic rings. The number of carbonyl (C=O) groups is 4. The first-order chi connectivity index (χ1) is 42.0. The molecule has 29 heteroatoms. The third kappa shape index (κ3) is 39.1. The molecule has 25 nitrogen and oxygen atoms in total. The van der Waals surface area contributed by atoms with Gasteiger partial charge < -0.3 is 35.1 Å². The second kappa shape index (κ2) is 52.9. The SMILES string of the molecule is CCOC(=O)CCCCCCN.CCOC(=O)CCCCCCN(c1cnccn1)c1ncncc1F.CCOC(=O)CCCCCCNc1cnccn1.Cl.Ic1cnccn1.O=C(CCCCCCN(c1cnccn1)c1ncncc1F)NO.[HH]. The first kappa shape index (κ1) is 77.6. The molecule has 1 amide bonds. The molecule has 0 saturated heterocycles. The molecule has 6 aromatic heterocycles. The van der Waals surface area contributed by atoms with Crippen molar-refractivity contribution in [1.82, 2.24) is 65.3 Å². The third-order valence-corrected chi connectivity index (χ3v) is 12.1. The predicted octanol–water partition coefficient (Wildman–Crippen LogP) is 10.7. The van der Waals surface area contributed by atoms with Crippen molar-refractivity contribution in [3.8, 4) is 0 Å². The molecule has 0 saturated carbocycles. The van der Waals surface area contributed by atoms with Crippen LogP contribution in [0, 0.1) is 15.3 Å². The summed E-state index contributed by atoms with van der Waals surface area (Å²) in [5.74, 6) is 0.447. The lowest BCUT2D eigenvalue weighted by Crippen LogP contribution is -2.22. The van der Waals surface area contributed by atoms with Crippen molar-refractivity contribution in [3.63, 3.8) is 0 Å². The second-order valence-corrected chi connectivity index (χ2v) is 19.4. The van der Waals surface area contributed by atoms with Crippen molar-refractivity contribution in [3.05, 3.63) is 115 Å². The Labute approximate surface area is 530 Å². The molecule has 0 fully saturated rings. The number of halogens is 4. The van der Waals surface area contributed by atoms with Crippen LogP contribution in [-0.2, 0) is 33.4 Å². The van der Waals surface area contributed by atoms with Gasteiger partial charge in [0.2, 0.25) is 5.91 Å². The number of esters is 3. The Morgan fingerprint density at radius 3 is 1.26 bits per heavy atom. The first-order valence-corrected chi connectivity index (χ1v) is 30.0. The Morgan fingerprint density at radius 1 is 0.506 bits per heavy atom. The zero-order chi connectivity index (χ0) is 62.5. The van der Waals surface area contributed by atoms with Crippen molar-refractivity contribution < 1.29 is 48.8 Å². The molecule has 6 heterocycles. The molecule has 6 aromatic rings. The number of anilines is 5. The monoisotopic (exact) mass is 1350 g/mol. The van der Waals surface area contributed by atoms with Gasteiger partial charge in [-0.1, -0.05) is 51.4 Å². The van der Waals surface area contributed by atoms with Crippen LogP contribution in [0.1, 0.15) is 151 Å². The van der Waals surface area contributed by atoms with Gasteiger partial charge in [0.1, 0.15) is 22.2 Å². The van der Waals surface area contributed by atoms with Gasteiger partial charge >= 0.3 is 17.9 Å². The van der Waals surface area contributed by atoms with Gasteiger partial charge in [0, 0.05) is 96.3 Å². The predicted molar refractivity (Wildman–Crippen MR) is 338 cm³/mol. The molecule has 0 aliphatic carbocycles. The van der Waals surface area contributed by atoms with Crippen molar-refractivity contribution in [2.45, 2.75) is 149 Å². The molecule has 0 aromatic carbocycles. The van der Waals surface area contributed by atoms with Crippen LogP contribution in [-0.4, -0.2) is 135 Å². The van der Waals surface area contributed by atoms with E-state index in [0.717, 1.165) is 131 Å². The smallest absolute Gasteiger partial charge is 0.305 e. The fourth-order valence-corrected chi connectivity index (χ4v) is 7.81. The molecule has 5 N–H and O–H groups in total. The number of hydroxylamine groups is 1. The third-order valence-electron chi connectivity index (χ3n) is 11.6. The van der Waals surface area contributed by atoms with Gasteiger partial charge in [0.05, 0.1) is 57.0 Å². The summed E-state index contributed by atoms with van der Waals surface area (Å²) in [5.41, 5.74) is 6.93. The summed E-state index contributed by atoms with van der Waals surface area (Å²) in [6.45, 7) is 9.52. The summed E-state index contributed by atoms with van der Waals surface area (Å²) in [5, 5.41) is 11.6. The quantitative estimate of drug-likeness (QED) is 0.00717. The zero-order valence-corrected chi connectivity index (χ0v) is 53.0. The Bertz CT molecular complexity index is 2680. The maximum absolute atomic E-state index is 14.1. The fraction of sp³-hybridized carbons (Fsp3) is 0.517. The summed E-state index contributed by atoms with van der Waals surface area (Å²) in [7, 11) is 0. The van der Waals surface area contributed by atoms with Crippen LogP contribution in [0.4, 0.5) is 37.9 Å². The minimum Gasteiger partial charge on any atom is -0.466 e. The van der Waals surface area contributed by atoms with Crippen LogP contribution in [0.3, 0.4) is 0 Å². The van der Waals surface area contributed by atoms with E-state index in [1.54, 1.807) is 90.4 Å². The summed E-state index contributed by atoms with van der Waals surface area (Å²) >= 11 is 2.11. The van der Waals surface area contributed by atoms with Gasteiger partial charge in [-0.25, -0.2) is 54.1 Å². The number of hydrogen-bond donors (Lipinski definition) is 4. The van der Waals surface area contributed by atoms with Crippen LogP contribution >= 0.6 is 35.0 Å². The largest absolute Gasteiger partial charge is 0.466 e. The summed E-state index contributed by atoms with van der Waals surface area (Å²) in [4.78, 5) is 95.1. The number of ether oxygens (including phenoxy) is 3. The molecule has 0 radical (unpaired) electrons. The lowest BCUT2D eigenvalue weighted by molar-refractivity contribution is -0.144. The Hall–Kier alpha value is -7.44. The first-order valence-electron chi connectivity index (χ1n) is 29.0. The number of nitrogens with zero attached hydrogens (tertiary/aromatic N) is 14. The van der Waals surface area contributed by atoms with Crippen molar-refractivity contribution in [2.75, 3.05) is 61.1 Å². The Morgan fingerprint density at radius 2 is 0.908 bits per heavy atom. The minimum absolute atomic E-state index is 0. The number of nitrogens with one attached hydrogen (secondary N) is 2. The van der Waals surface area contributed by atoms with Gasteiger partial charge in [-0.2, -0.15) is 0 Å². The fourth-order valence-electron chi connectivity index (χ4n) is 7.49. The van der Waals surface area contributed by atoms with E-state index >= 15 is 0 Å².